The highest BCUT2D eigenvalue weighted by molar-refractivity contribution is 7.09. The summed E-state index contributed by atoms with van der Waals surface area (Å²) in [7, 11) is 0. The van der Waals surface area contributed by atoms with Gasteiger partial charge in [0, 0.05) is 17.2 Å². The number of aliphatic carboxylic acids is 1. The molecule has 8 nitrogen and oxygen atoms in total. The monoisotopic (exact) mass is 308 g/mol. The molecular formula is C12H12N4O4S. The summed E-state index contributed by atoms with van der Waals surface area (Å²) in [5.41, 5.74) is 0.342. The molecule has 0 aliphatic carbocycles. The molecule has 0 spiro atoms. The van der Waals surface area contributed by atoms with E-state index in [4.69, 9.17) is 5.11 Å². The average Bonchev–Trinajstić information content (AvgIpc) is 2.82. The van der Waals surface area contributed by atoms with Crippen molar-refractivity contribution < 1.29 is 19.8 Å². The van der Waals surface area contributed by atoms with Crippen LogP contribution in [0.2, 0.25) is 0 Å². The van der Waals surface area contributed by atoms with Crippen LogP contribution in [-0.4, -0.2) is 38.1 Å². The van der Waals surface area contributed by atoms with Crippen LogP contribution in [0.5, 0.6) is 5.75 Å². The summed E-state index contributed by atoms with van der Waals surface area (Å²) in [6.45, 7) is 1.16. The number of hydrogen-bond donors (Lipinski definition) is 3. The molecule has 3 N–H and O–H groups in total. The summed E-state index contributed by atoms with van der Waals surface area (Å²) in [5.74, 6) is -0.620. The van der Waals surface area contributed by atoms with Crippen molar-refractivity contribution in [3.05, 3.63) is 30.1 Å². The number of aromatic nitrogens is 2. The number of phenols is 1. The van der Waals surface area contributed by atoms with Gasteiger partial charge in [-0.2, -0.15) is 4.37 Å². The van der Waals surface area contributed by atoms with Gasteiger partial charge in [-0.05, 0) is 31.2 Å². The van der Waals surface area contributed by atoms with Crippen molar-refractivity contribution in [2.45, 2.75) is 6.92 Å². The molecule has 0 radical (unpaired) electrons. The Labute approximate surface area is 123 Å². The highest BCUT2D eigenvalue weighted by atomic mass is 32.1. The lowest BCUT2D eigenvalue weighted by atomic mass is 10.3. The first-order chi connectivity index (χ1) is 9.95. The third-order valence-electron chi connectivity index (χ3n) is 2.44. The predicted octanol–water partition coefficient (Wildman–Crippen LogP) is 1.68. The van der Waals surface area contributed by atoms with Gasteiger partial charge in [-0.15, -0.1) is 0 Å². The van der Waals surface area contributed by atoms with E-state index in [-0.39, 0.29) is 10.9 Å². The van der Waals surface area contributed by atoms with E-state index in [1.807, 2.05) is 0 Å². The van der Waals surface area contributed by atoms with E-state index in [0.717, 1.165) is 16.4 Å². The zero-order valence-electron chi connectivity index (χ0n) is 11.0. The molecule has 2 rings (SSSR count). The third-order valence-corrected chi connectivity index (χ3v) is 3.16. The number of urea groups is 1. The number of carbonyl (C=O) groups excluding carboxylic acids is 1. The SMILES string of the molecule is Cc1nsc(NC(=O)N(CC(=O)O)c2ccc(O)cc2)n1. The molecule has 2 amide bonds. The summed E-state index contributed by atoms with van der Waals surface area (Å²) >= 11 is 1.00. The van der Waals surface area contributed by atoms with Crippen LogP contribution in [0.3, 0.4) is 0 Å². The Morgan fingerprint density at radius 1 is 1.33 bits per heavy atom. The van der Waals surface area contributed by atoms with Gasteiger partial charge in [0.1, 0.15) is 18.1 Å². The first kappa shape index (κ1) is 14.7. The van der Waals surface area contributed by atoms with Crippen LogP contribution in [0.1, 0.15) is 5.82 Å². The standard InChI is InChI=1S/C12H12N4O4S/c1-7-13-11(21-15-7)14-12(20)16(6-10(18)19)8-2-4-9(17)5-3-8/h2-5,17H,6H2,1H3,(H,18,19)(H,13,14,15,20). The van der Waals surface area contributed by atoms with Crippen LogP contribution in [0.15, 0.2) is 24.3 Å². The summed E-state index contributed by atoms with van der Waals surface area (Å²) in [5, 5.41) is 20.9. The Hall–Kier alpha value is -2.68. The van der Waals surface area contributed by atoms with Crippen molar-refractivity contribution in [1.29, 1.82) is 0 Å². The number of aromatic hydroxyl groups is 1. The van der Waals surface area contributed by atoms with Crippen molar-refractivity contribution >= 4 is 34.4 Å². The molecule has 0 aliphatic heterocycles. The summed E-state index contributed by atoms with van der Waals surface area (Å²) in [6.07, 6.45) is 0. The summed E-state index contributed by atoms with van der Waals surface area (Å²) < 4.78 is 3.92. The number of hydrogen-bond acceptors (Lipinski definition) is 6. The Morgan fingerprint density at radius 2 is 2.00 bits per heavy atom. The molecule has 1 aromatic heterocycles. The zero-order chi connectivity index (χ0) is 15.4. The largest absolute Gasteiger partial charge is 0.508 e. The lowest BCUT2D eigenvalue weighted by molar-refractivity contribution is -0.135. The number of amides is 2. The van der Waals surface area contributed by atoms with Gasteiger partial charge >= 0.3 is 12.0 Å². The third kappa shape index (κ3) is 3.89. The normalized spacial score (nSPS) is 10.1. The van der Waals surface area contributed by atoms with Gasteiger partial charge in [0.25, 0.3) is 0 Å². The number of carbonyl (C=O) groups is 2. The minimum absolute atomic E-state index is 0.0224. The summed E-state index contributed by atoms with van der Waals surface area (Å²) in [4.78, 5) is 28.1. The van der Waals surface area contributed by atoms with Crippen molar-refractivity contribution in [3.8, 4) is 5.75 Å². The van der Waals surface area contributed by atoms with E-state index in [1.54, 1.807) is 6.92 Å². The highest BCUT2D eigenvalue weighted by Gasteiger charge is 2.20. The van der Waals surface area contributed by atoms with Crippen molar-refractivity contribution in [3.63, 3.8) is 0 Å². The van der Waals surface area contributed by atoms with E-state index in [2.05, 4.69) is 14.7 Å². The van der Waals surface area contributed by atoms with Gasteiger partial charge in [-0.1, -0.05) is 0 Å². The molecule has 21 heavy (non-hydrogen) atoms. The van der Waals surface area contributed by atoms with Crippen LogP contribution >= 0.6 is 11.5 Å². The van der Waals surface area contributed by atoms with Gasteiger partial charge in [0.2, 0.25) is 5.13 Å². The van der Waals surface area contributed by atoms with Gasteiger partial charge in [-0.25, -0.2) is 9.78 Å². The zero-order valence-corrected chi connectivity index (χ0v) is 11.8. The van der Waals surface area contributed by atoms with Crippen LogP contribution in [0.25, 0.3) is 0 Å². The number of carboxylic acids is 1. The van der Waals surface area contributed by atoms with E-state index in [0.29, 0.717) is 11.5 Å². The van der Waals surface area contributed by atoms with Gasteiger partial charge < -0.3 is 10.2 Å². The van der Waals surface area contributed by atoms with Gasteiger partial charge in [-0.3, -0.25) is 15.0 Å². The maximum Gasteiger partial charge on any atom is 0.328 e. The van der Waals surface area contributed by atoms with Crippen LogP contribution in [-0.2, 0) is 4.79 Å². The van der Waals surface area contributed by atoms with Gasteiger partial charge in [0.15, 0.2) is 0 Å². The second-order valence-electron chi connectivity index (χ2n) is 4.07. The minimum Gasteiger partial charge on any atom is -0.508 e. The van der Waals surface area contributed by atoms with Gasteiger partial charge in [0.05, 0.1) is 0 Å². The molecule has 110 valence electrons. The Bertz CT molecular complexity index is 656. The number of anilines is 2. The van der Waals surface area contributed by atoms with Crippen LogP contribution in [0.4, 0.5) is 15.6 Å². The number of nitrogens with one attached hydrogen (secondary N) is 1. The minimum atomic E-state index is -1.16. The van der Waals surface area contributed by atoms with E-state index in [9.17, 15) is 14.7 Å². The first-order valence-corrected chi connectivity index (χ1v) is 6.62. The highest BCUT2D eigenvalue weighted by Crippen LogP contribution is 2.20. The molecule has 0 saturated carbocycles. The molecular weight excluding hydrogens is 296 g/mol. The summed E-state index contributed by atoms with van der Waals surface area (Å²) in [6, 6.07) is 4.99. The van der Waals surface area contributed by atoms with E-state index in [1.165, 1.54) is 24.3 Å². The molecule has 0 unspecified atom stereocenters. The number of rotatable bonds is 4. The fourth-order valence-corrected chi connectivity index (χ4v) is 2.12. The predicted molar refractivity (Wildman–Crippen MR) is 76.8 cm³/mol. The Balaban J connectivity index is 2.20. The van der Waals surface area contributed by atoms with Crippen LogP contribution < -0.4 is 10.2 Å². The molecule has 2 aromatic rings. The second kappa shape index (κ2) is 6.18. The topological polar surface area (TPSA) is 116 Å². The van der Waals surface area contributed by atoms with Crippen molar-refractivity contribution in [2.24, 2.45) is 0 Å². The molecule has 1 aromatic carbocycles. The van der Waals surface area contributed by atoms with Crippen LogP contribution in [0, 0.1) is 6.92 Å². The smallest absolute Gasteiger partial charge is 0.328 e. The quantitative estimate of drug-likeness (QED) is 0.791. The molecule has 9 heteroatoms. The Kier molecular flexibility index (Phi) is 4.33. The Morgan fingerprint density at radius 3 is 2.52 bits per heavy atom. The number of nitrogens with zero attached hydrogens (tertiary/aromatic N) is 3. The van der Waals surface area contributed by atoms with E-state index >= 15 is 0 Å². The number of carboxylic acid groups (broad SMARTS) is 1. The number of aryl methyl sites for hydroxylation is 1. The van der Waals surface area contributed by atoms with E-state index < -0.39 is 18.5 Å². The fourth-order valence-electron chi connectivity index (χ4n) is 1.55. The molecule has 0 aliphatic rings. The molecule has 0 bridgehead atoms. The lowest BCUT2D eigenvalue weighted by Gasteiger charge is -2.20. The van der Waals surface area contributed by atoms with Crippen molar-refractivity contribution in [2.75, 3.05) is 16.8 Å². The molecule has 0 saturated heterocycles. The number of benzene rings is 1. The van der Waals surface area contributed by atoms with Crippen molar-refractivity contribution in [1.82, 2.24) is 9.36 Å². The first-order valence-electron chi connectivity index (χ1n) is 5.85. The average molecular weight is 308 g/mol. The maximum atomic E-state index is 12.2. The fraction of sp³-hybridized carbons (Fsp3) is 0.167. The molecule has 0 atom stereocenters. The number of phenolic OH excluding ortho intramolecular Hbond substituents is 1. The maximum absolute atomic E-state index is 12.2. The molecule has 0 fully saturated rings. The second-order valence-corrected chi connectivity index (χ2v) is 4.83. The molecule has 1 heterocycles. The lowest BCUT2D eigenvalue weighted by Crippen LogP contribution is -2.38.